The third kappa shape index (κ3) is 3.61. The van der Waals surface area contributed by atoms with Crippen molar-refractivity contribution in [3.8, 4) is 21.0 Å². The van der Waals surface area contributed by atoms with E-state index < -0.39 is 0 Å². The fourth-order valence-corrected chi connectivity index (χ4v) is 3.89. The van der Waals surface area contributed by atoms with Crippen LogP contribution in [0.1, 0.15) is 5.69 Å². The van der Waals surface area contributed by atoms with E-state index in [0.29, 0.717) is 6.54 Å². The van der Waals surface area contributed by atoms with Crippen LogP contribution in [0, 0.1) is 0 Å². The van der Waals surface area contributed by atoms with Gasteiger partial charge in [0.05, 0.1) is 23.4 Å². The third-order valence-electron chi connectivity index (χ3n) is 3.79. The van der Waals surface area contributed by atoms with E-state index in [1.54, 1.807) is 23.9 Å². The molecule has 0 saturated carbocycles. The summed E-state index contributed by atoms with van der Waals surface area (Å²) in [4.78, 5) is 10.1. The van der Waals surface area contributed by atoms with E-state index in [2.05, 4.69) is 4.98 Å². The van der Waals surface area contributed by atoms with Gasteiger partial charge in [0.25, 0.3) is 0 Å². The molecule has 2 aromatic carbocycles. The van der Waals surface area contributed by atoms with Crippen LogP contribution in [0.2, 0.25) is 10.0 Å². The van der Waals surface area contributed by atoms with Crippen LogP contribution in [0.4, 0.5) is 0 Å². The van der Waals surface area contributed by atoms with E-state index in [9.17, 15) is 0 Å². The predicted molar refractivity (Wildman–Crippen MR) is 104 cm³/mol. The Kier molecular flexibility index (Phi) is 4.57. The second kappa shape index (κ2) is 7.00. The molecule has 4 aromatic rings. The van der Waals surface area contributed by atoms with Gasteiger partial charge in [-0.1, -0.05) is 47.5 Å². The van der Waals surface area contributed by atoms with Crippen LogP contribution in [-0.2, 0) is 6.54 Å². The monoisotopic (exact) mass is 385 g/mol. The summed E-state index contributed by atoms with van der Waals surface area (Å²) >= 11 is 13.7. The Hall–Kier alpha value is -2.14. The molecule has 25 heavy (non-hydrogen) atoms. The van der Waals surface area contributed by atoms with Gasteiger partial charge in [-0.05, 0) is 29.8 Å². The van der Waals surface area contributed by atoms with Crippen LogP contribution in [0.5, 0.6) is 0 Å². The van der Waals surface area contributed by atoms with E-state index in [0.717, 1.165) is 36.8 Å². The SMILES string of the molecule is Clc1ccc(-c2nc(Cn3ccnc3)c(-c3ccc(Cl)cc3)s2)cc1. The molecular weight excluding hydrogens is 373 g/mol. The molecule has 0 fully saturated rings. The molecule has 0 aliphatic rings. The first-order valence-corrected chi connectivity index (χ1v) is 9.23. The second-order valence-corrected chi connectivity index (χ2v) is 7.42. The molecule has 0 aliphatic carbocycles. The highest BCUT2D eigenvalue weighted by Gasteiger charge is 2.15. The largest absolute Gasteiger partial charge is 0.331 e. The zero-order valence-electron chi connectivity index (χ0n) is 13.1. The van der Waals surface area contributed by atoms with Crippen LogP contribution in [0.3, 0.4) is 0 Å². The highest BCUT2D eigenvalue weighted by atomic mass is 35.5. The van der Waals surface area contributed by atoms with Crippen LogP contribution in [0.15, 0.2) is 67.3 Å². The van der Waals surface area contributed by atoms with Gasteiger partial charge in [0.1, 0.15) is 5.01 Å². The topological polar surface area (TPSA) is 30.7 Å². The van der Waals surface area contributed by atoms with Crippen molar-refractivity contribution in [3.05, 3.63) is 83.0 Å². The van der Waals surface area contributed by atoms with Crippen molar-refractivity contribution in [2.75, 3.05) is 0 Å². The molecule has 0 spiro atoms. The molecule has 0 atom stereocenters. The number of hydrogen-bond donors (Lipinski definition) is 0. The number of benzene rings is 2. The van der Waals surface area contributed by atoms with Gasteiger partial charge in [-0.3, -0.25) is 0 Å². The lowest BCUT2D eigenvalue weighted by molar-refractivity contribution is 0.781. The summed E-state index contributed by atoms with van der Waals surface area (Å²) in [7, 11) is 0. The number of thiazole rings is 1. The highest BCUT2D eigenvalue weighted by Crippen LogP contribution is 2.36. The van der Waals surface area contributed by atoms with Gasteiger partial charge in [-0.2, -0.15) is 0 Å². The van der Waals surface area contributed by atoms with Gasteiger partial charge in [0, 0.05) is 28.0 Å². The minimum Gasteiger partial charge on any atom is -0.331 e. The molecule has 2 aromatic heterocycles. The summed E-state index contributed by atoms with van der Waals surface area (Å²) in [5.41, 5.74) is 3.17. The molecule has 0 bridgehead atoms. The van der Waals surface area contributed by atoms with Crippen molar-refractivity contribution in [2.45, 2.75) is 6.54 Å². The van der Waals surface area contributed by atoms with Crippen molar-refractivity contribution in [1.82, 2.24) is 14.5 Å². The Bertz CT molecular complexity index is 975. The van der Waals surface area contributed by atoms with Gasteiger partial charge in [0.15, 0.2) is 0 Å². The molecular formula is C19H13Cl2N3S. The van der Waals surface area contributed by atoms with E-state index in [4.69, 9.17) is 28.2 Å². The van der Waals surface area contributed by atoms with Gasteiger partial charge in [-0.25, -0.2) is 9.97 Å². The molecule has 0 radical (unpaired) electrons. The fraction of sp³-hybridized carbons (Fsp3) is 0.0526. The summed E-state index contributed by atoms with van der Waals surface area (Å²) in [6.07, 6.45) is 5.51. The molecule has 0 saturated heterocycles. The first-order chi connectivity index (χ1) is 12.2. The standard InChI is InChI=1S/C19H13Cl2N3S/c20-15-5-1-13(2-6-15)18-17(11-24-10-9-22-12-24)23-19(25-18)14-3-7-16(21)8-4-14/h1-10,12H,11H2. The minimum atomic E-state index is 0.669. The Labute approximate surface area is 159 Å². The normalized spacial score (nSPS) is 11.0. The average Bonchev–Trinajstić information content (AvgIpc) is 3.27. The Morgan fingerprint density at radius 3 is 2.12 bits per heavy atom. The summed E-state index contributed by atoms with van der Waals surface area (Å²) in [5.74, 6) is 0. The van der Waals surface area contributed by atoms with E-state index >= 15 is 0 Å². The number of halogens is 2. The molecule has 2 heterocycles. The highest BCUT2D eigenvalue weighted by molar-refractivity contribution is 7.18. The first kappa shape index (κ1) is 16.3. The molecule has 0 aliphatic heterocycles. The molecule has 3 nitrogen and oxygen atoms in total. The Balaban J connectivity index is 1.79. The summed E-state index contributed by atoms with van der Waals surface area (Å²) in [5, 5.41) is 2.41. The maximum atomic E-state index is 6.03. The summed E-state index contributed by atoms with van der Waals surface area (Å²) in [6.45, 7) is 0.669. The quantitative estimate of drug-likeness (QED) is 0.429. The van der Waals surface area contributed by atoms with E-state index in [1.165, 1.54) is 0 Å². The minimum absolute atomic E-state index is 0.669. The fourth-order valence-electron chi connectivity index (χ4n) is 2.55. The zero-order chi connectivity index (χ0) is 17.2. The average molecular weight is 386 g/mol. The van der Waals surface area contributed by atoms with Gasteiger partial charge in [0.2, 0.25) is 0 Å². The van der Waals surface area contributed by atoms with Crippen LogP contribution in [0.25, 0.3) is 21.0 Å². The van der Waals surface area contributed by atoms with Gasteiger partial charge >= 0.3 is 0 Å². The van der Waals surface area contributed by atoms with Crippen LogP contribution in [-0.4, -0.2) is 14.5 Å². The molecule has 0 unspecified atom stereocenters. The van der Waals surface area contributed by atoms with Crippen molar-refractivity contribution >= 4 is 34.5 Å². The van der Waals surface area contributed by atoms with Gasteiger partial charge in [-0.15, -0.1) is 11.3 Å². The van der Waals surface area contributed by atoms with Crippen molar-refractivity contribution in [3.63, 3.8) is 0 Å². The lowest BCUT2D eigenvalue weighted by atomic mass is 10.1. The molecule has 0 N–H and O–H groups in total. The number of nitrogens with zero attached hydrogens (tertiary/aromatic N) is 3. The summed E-state index contributed by atoms with van der Waals surface area (Å²) in [6, 6.07) is 15.6. The van der Waals surface area contributed by atoms with E-state index in [-0.39, 0.29) is 0 Å². The predicted octanol–water partition coefficient (Wildman–Crippen LogP) is 6.03. The number of rotatable bonds is 4. The van der Waals surface area contributed by atoms with Crippen LogP contribution >= 0.6 is 34.5 Å². The second-order valence-electron chi connectivity index (χ2n) is 5.54. The maximum Gasteiger partial charge on any atom is 0.124 e. The van der Waals surface area contributed by atoms with Crippen molar-refractivity contribution in [2.24, 2.45) is 0 Å². The molecule has 124 valence electrons. The lowest BCUT2D eigenvalue weighted by Crippen LogP contribution is -1.98. The number of imidazole rings is 1. The Morgan fingerprint density at radius 2 is 1.52 bits per heavy atom. The van der Waals surface area contributed by atoms with E-state index in [1.807, 2.05) is 59.3 Å². The Morgan fingerprint density at radius 1 is 0.880 bits per heavy atom. The number of hydrogen-bond acceptors (Lipinski definition) is 3. The molecule has 6 heteroatoms. The molecule has 4 rings (SSSR count). The van der Waals surface area contributed by atoms with Crippen LogP contribution < -0.4 is 0 Å². The van der Waals surface area contributed by atoms with Gasteiger partial charge < -0.3 is 4.57 Å². The maximum absolute atomic E-state index is 6.03. The zero-order valence-corrected chi connectivity index (χ0v) is 15.4. The third-order valence-corrected chi connectivity index (χ3v) is 5.49. The first-order valence-electron chi connectivity index (χ1n) is 7.66. The number of aromatic nitrogens is 3. The van der Waals surface area contributed by atoms with Crippen molar-refractivity contribution in [1.29, 1.82) is 0 Å². The summed E-state index contributed by atoms with van der Waals surface area (Å²) < 4.78 is 2.01. The lowest BCUT2D eigenvalue weighted by Gasteiger charge is -2.03. The van der Waals surface area contributed by atoms with Crippen molar-refractivity contribution < 1.29 is 0 Å². The smallest absolute Gasteiger partial charge is 0.124 e. The molecule has 0 amide bonds.